The summed E-state index contributed by atoms with van der Waals surface area (Å²) in [5.41, 5.74) is 1.98. The molecule has 3 rings (SSSR count). The van der Waals surface area contributed by atoms with E-state index in [9.17, 15) is 9.59 Å². The van der Waals surface area contributed by atoms with E-state index in [2.05, 4.69) is 15.7 Å². The van der Waals surface area contributed by atoms with Gasteiger partial charge in [0.25, 0.3) is 11.8 Å². The number of halogens is 1. The van der Waals surface area contributed by atoms with Crippen molar-refractivity contribution in [3.63, 3.8) is 0 Å². The second kappa shape index (κ2) is 7.86. The zero-order valence-electron chi connectivity index (χ0n) is 15.9. The van der Waals surface area contributed by atoms with Crippen LogP contribution in [-0.4, -0.2) is 27.1 Å². The number of amides is 2. The fraction of sp³-hybridized carbons (Fsp3) is 0.190. The standard InChI is InChI=1S/C21H21ClN4O2/c1-21(2,3)25-20(28)14-7-9-17(10-8-14)24-19(27)15-12-23-26(13-15)18-6-4-5-16(22)11-18/h4-13H,1-3H3,(H,24,27)(H,25,28). The Kier molecular flexibility index (Phi) is 5.51. The SMILES string of the molecule is CC(C)(C)NC(=O)c1ccc(NC(=O)c2cnn(-c3cccc(Cl)c3)c2)cc1. The van der Waals surface area contributed by atoms with Gasteiger partial charge in [-0.3, -0.25) is 9.59 Å². The topological polar surface area (TPSA) is 76.0 Å². The number of benzene rings is 2. The van der Waals surface area contributed by atoms with Gasteiger partial charge in [0, 0.05) is 28.0 Å². The summed E-state index contributed by atoms with van der Waals surface area (Å²) in [6.07, 6.45) is 3.12. The first-order valence-electron chi connectivity index (χ1n) is 8.76. The van der Waals surface area contributed by atoms with Crippen LogP contribution in [0.2, 0.25) is 5.02 Å². The predicted molar refractivity (Wildman–Crippen MR) is 110 cm³/mol. The molecule has 6 nitrogen and oxygen atoms in total. The van der Waals surface area contributed by atoms with Crippen LogP contribution in [0.4, 0.5) is 5.69 Å². The molecule has 0 saturated heterocycles. The van der Waals surface area contributed by atoms with E-state index in [1.807, 2.05) is 32.9 Å². The Labute approximate surface area is 168 Å². The van der Waals surface area contributed by atoms with Crippen LogP contribution in [0, 0.1) is 0 Å². The molecule has 2 amide bonds. The fourth-order valence-corrected chi connectivity index (χ4v) is 2.71. The minimum atomic E-state index is -0.312. The Balaban J connectivity index is 1.67. The van der Waals surface area contributed by atoms with E-state index in [0.717, 1.165) is 5.69 Å². The Morgan fingerprint density at radius 3 is 2.36 bits per heavy atom. The van der Waals surface area contributed by atoms with Crippen LogP contribution in [0.15, 0.2) is 60.9 Å². The number of hydrogen-bond acceptors (Lipinski definition) is 3. The van der Waals surface area contributed by atoms with E-state index in [0.29, 0.717) is 21.8 Å². The number of anilines is 1. The Bertz CT molecular complexity index is 1000. The van der Waals surface area contributed by atoms with Gasteiger partial charge in [-0.15, -0.1) is 0 Å². The zero-order valence-corrected chi connectivity index (χ0v) is 16.6. The van der Waals surface area contributed by atoms with Gasteiger partial charge < -0.3 is 10.6 Å². The number of hydrogen-bond donors (Lipinski definition) is 2. The summed E-state index contributed by atoms with van der Waals surface area (Å²) in [6.45, 7) is 5.76. The van der Waals surface area contributed by atoms with E-state index < -0.39 is 0 Å². The molecule has 0 atom stereocenters. The molecule has 0 aliphatic carbocycles. The van der Waals surface area contributed by atoms with Gasteiger partial charge in [-0.25, -0.2) is 4.68 Å². The Morgan fingerprint density at radius 2 is 1.71 bits per heavy atom. The molecule has 28 heavy (non-hydrogen) atoms. The molecule has 7 heteroatoms. The van der Waals surface area contributed by atoms with Crippen molar-refractivity contribution in [2.24, 2.45) is 0 Å². The van der Waals surface area contributed by atoms with Crippen LogP contribution in [0.25, 0.3) is 5.69 Å². The number of aromatic nitrogens is 2. The molecule has 0 aliphatic rings. The van der Waals surface area contributed by atoms with E-state index in [-0.39, 0.29) is 17.4 Å². The monoisotopic (exact) mass is 396 g/mol. The third-order valence-electron chi connectivity index (χ3n) is 3.81. The minimum Gasteiger partial charge on any atom is -0.347 e. The summed E-state index contributed by atoms with van der Waals surface area (Å²) in [7, 11) is 0. The summed E-state index contributed by atoms with van der Waals surface area (Å²) < 4.78 is 1.58. The zero-order chi connectivity index (χ0) is 20.3. The molecule has 0 unspecified atom stereocenters. The molecule has 1 aromatic heterocycles. The highest BCUT2D eigenvalue weighted by molar-refractivity contribution is 6.30. The van der Waals surface area contributed by atoms with Crippen LogP contribution in [0.3, 0.4) is 0 Å². The molecule has 144 valence electrons. The maximum atomic E-state index is 12.5. The van der Waals surface area contributed by atoms with Gasteiger partial charge in [0.05, 0.1) is 17.4 Å². The lowest BCUT2D eigenvalue weighted by Gasteiger charge is -2.20. The molecule has 0 fully saturated rings. The van der Waals surface area contributed by atoms with Gasteiger partial charge in [-0.05, 0) is 63.2 Å². The molecule has 3 aromatic rings. The van der Waals surface area contributed by atoms with Crippen LogP contribution in [0.5, 0.6) is 0 Å². The third-order valence-corrected chi connectivity index (χ3v) is 4.05. The Morgan fingerprint density at radius 1 is 1.00 bits per heavy atom. The average molecular weight is 397 g/mol. The molecule has 0 aliphatic heterocycles. The van der Waals surface area contributed by atoms with Crippen LogP contribution < -0.4 is 10.6 Å². The second-order valence-electron chi connectivity index (χ2n) is 7.39. The van der Waals surface area contributed by atoms with Crippen LogP contribution in [-0.2, 0) is 0 Å². The summed E-state index contributed by atoms with van der Waals surface area (Å²) in [6, 6.07) is 13.9. The molecule has 0 saturated carbocycles. The van der Waals surface area contributed by atoms with E-state index >= 15 is 0 Å². The lowest BCUT2D eigenvalue weighted by Crippen LogP contribution is -2.40. The van der Waals surface area contributed by atoms with Crippen molar-refractivity contribution in [2.75, 3.05) is 5.32 Å². The van der Waals surface area contributed by atoms with Crippen molar-refractivity contribution in [2.45, 2.75) is 26.3 Å². The van der Waals surface area contributed by atoms with Crippen molar-refractivity contribution in [3.05, 3.63) is 77.1 Å². The van der Waals surface area contributed by atoms with Gasteiger partial charge in [0.15, 0.2) is 0 Å². The van der Waals surface area contributed by atoms with E-state index in [4.69, 9.17) is 11.6 Å². The van der Waals surface area contributed by atoms with Gasteiger partial charge in [-0.1, -0.05) is 17.7 Å². The first-order chi connectivity index (χ1) is 13.2. The first kappa shape index (κ1) is 19.6. The van der Waals surface area contributed by atoms with Gasteiger partial charge in [-0.2, -0.15) is 5.10 Å². The minimum absolute atomic E-state index is 0.159. The van der Waals surface area contributed by atoms with Crippen molar-refractivity contribution in [1.29, 1.82) is 0 Å². The summed E-state index contributed by atoms with van der Waals surface area (Å²) in [4.78, 5) is 24.6. The summed E-state index contributed by atoms with van der Waals surface area (Å²) in [5.74, 6) is -0.451. The Hall–Kier alpha value is -3.12. The van der Waals surface area contributed by atoms with Crippen LogP contribution in [0.1, 0.15) is 41.5 Å². The molecular weight excluding hydrogens is 376 g/mol. The highest BCUT2D eigenvalue weighted by Gasteiger charge is 2.15. The average Bonchev–Trinajstić information content (AvgIpc) is 3.11. The normalized spacial score (nSPS) is 11.1. The molecule has 1 heterocycles. The lowest BCUT2D eigenvalue weighted by molar-refractivity contribution is 0.0919. The predicted octanol–water partition coefficient (Wildman–Crippen LogP) is 4.31. The first-order valence-corrected chi connectivity index (χ1v) is 9.14. The quantitative estimate of drug-likeness (QED) is 0.690. The van der Waals surface area contributed by atoms with Crippen molar-refractivity contribution >= 4 is 29.1 Å². The molecule has 0 radical (unpaired) electrons. The number of nitrogens with one attached hydrogen (secondary N) is 2. The second-order valence-corrected chi connectivity index (χ2v) is 7.83. The largest absolute Gasteiger partial charge is 0.347 e. The van der Waals surface area contributed by atoms with Crippen molar-refractivity contribution < 1.29 is 9.59 Å². The van der Waals surface area contributed by atoms with E-state index in [1.165, 1.54) is 6.20 Å². The third kappa shape index (κ3) is 4.98. The highest BCUT2D eigenvalue weighted by atomic mass is 35.5. The maximum Gasteiger partial charge on any atom is 0.258 e. The summed E-state index contributed by atoms with van der Waals surface area (Å²) >= 11 is 5.99. The van der Waals surface area contributed by atoms with Crippen LogP contribution >= 0.6 is 11.6 Å². The fourth-order valence-electron chi connectivity index (χ4n) is 2.52. The molecule has 0 spiro atoms. The lowest BCUT2D eigenvalue weighted by atomic mass is 10.1. The summed E-state index contributed by atoms with van der Waals surface area (Å²) in [5, 5.41) is 10.5. The highest BCUT2D eigenvalue weighted by Crippen LogP contribution is 2.16. The van der Waals surface area contributed by atoms with Gasteiger partial charge in [0.1, 0.15) is 0 Å². The van der Waals surface area contributed by atoms with Crippen molar-refractivity contribution in [3.8, 4) is 5.69 Å². The smallest absolute Gasteiger partial charge is 0.258 e. The van der Waals surface area contributed by atoms with Crippen molar-refractivity contribution in [1.82, 2.24) is 15.1 Å². The van der Waals surface area contributed by atoms with E-state index in [1.54, 1.807) is 47.3 Å². The van der Waals surface area contributed by atoms with Gasteiger partial charge in [0.2, 0.25) is 0 Å². The molecule has 2 N–H and O–H groups in total. The number of carbonyl (C=O) groups excluding carboxylic acids is 2. The maximum absolute atomic E-state index is 12.5. The number of rotatable bonds is 4. The molecule has 0 bridgehead atoms. The number of nitrogens with zero attached hydrogens (tertiary/aromatic N) is 2. The molecular formula is C21H21ClN4O2. The van der Waals surface area contributed by atoms with Gasteiger partial charge >= 0.3 is 0 Å². The number of carbonyl (C=O) groups is 2. The molecule has 2 aromatic carbocycles.